The number of ketones is 1. The molecule has 1 atom stereocenters. The molecule has 0 radical (unpaired) electrons. The maximum atomic E-state index is 12.9. The summed E-state index contributed by atoms with van der Waals surface area (Å²) < 4.78 is 5.68. The highest BCUT2D eigenvalue weighted by molar-refractivity contribution is 7.80. The Morgan fingerprint density at radius 2 is 2.04 bits per heavy atom. The Morgan fingerprint density at radius 1 is 1.23 bits per heavy atom. The van der Waals surface area contributed by atoms with E-state index in [1.165, 1.54) is 0 Å². The number of benzene rings is 2. The zero-order valence-corrected chi connectivity index (χ0v) is 15.9. The van der Waals surface area contributed by atoms with Gasteiger partial charge in [-0.3, -0.25) is 4.79 Å². The number of carbonyl (C=O) groups excluding carboxylic acids is 1. The first-order valence-electron chi connectivity index (χ1n) is 9.05. The van der Waals surface area contributed by atoms with E-state index in [2.05, 4.69) is 35.3 Å². The molecule has 5 heteroatoms. The summed E-state index contributed by atoms with van der Waals surface area (Å²) in [6.07, 6.45) is 2.37. The van der Waals surface area contributed by atoms with Crippen LogP contribution in [0.3, 0.4) is 0 Å². The van der Waals surface area contributed by atoms with Crippen LogP contribution in [0.4, 0.5) is 0 Å². The molecule has 26 heavy (non-hydrogen) atoms. The van der Waals surface area contributed by atoms with Gasteiger partial charge in [0.1, 0.15) is 5.75 Å². The van der Waals surface area contributed by atoms with Crippen LogP contribution in [-0.4, -0.2) is 29.5 Å². The molecule has 0 saturated carbocycles. The zero-order valence-electron chi connectivity index (χ0n) is 15.0. The Morgan fingerprint density at radius 3 is 2.81 bits per heavy atom. The molecule has 1 unspecified atom stereocenters. The topological polar surface area (TPSA) is 41.6 Å². The predicted octanol–water partition coefficient (Wildman–Crippen LogP) is 4.11. The van der Waals surface area contributed by atoms with Crippen LogP contribution < -0.4 is 10.1 Å². The first-order chi connectivity index (χ1) is 12.7. The number of hydrogen-bond acceptors (Lipinski definition) is 3. The molecule has 134 valence electrons. The van der Waals surface area contributed by atoms with Crippen molar-refractivity contribution in [3.8, 4) is 5.75 Å². The van der Waals surface area contributed by atoms with Crippen LogP contribution in [0.1, 0.15) is 37.8 Å². The number of carbonyl (C=O) groups is 1. The highest BCUT2D eigenvalue weighted by atomic mass is 32.1. The van der Waals surface area contributed by atoms with Gasteiger partial charge in [0.15, 0.2) is 10.9 Å². The standard InChI is InChI=1S/C21H22N2O2S/c1-3-23-15-9-6-10-16(24)19(15)20(22-21(23)26)18-14-8-5-4-7-13(14)11-12-17(18)25-2/h4-5,7-8,11-12,20H,3,6,9-10H2,1-2H3,(H,22,26). The first-order valence-corrected chi connectivity index (χ1v) is 9.46. The van der Waals surface area contributed by atoms with Crippen LogP contribution in [0.5, 0.6) is 5.75 Å². The van der Waals surface area contributed by atoms with E-state index in [-0.39, 0.29) is 11.8 Å². The van der Waals surface area contributed by atoms with E-state index in [0.29, 0.717) is 11.5 Å². The van der Waals surface area contributed by atoms with Gasteiger partial charge in [-0.05, 0) is 48.8 Å². The van der Waals surface area contributed by atoms with E-state index in [0.717, 1.165) is 52.7 Å². The lowest BCUT2D eigenvalue weighted by atomic mass is 9.83. The van der Waals surface area contributed by atoms with Crippen LogP contribution >= 0.6 is 12.2 Å². The summed E-state index contributed by atoms with van der Waals surface area (Å²) in [4.78, 5) is 15.0. The molecule has 4 rings (SSSR count). The highest BCUT2D eigenvalue weighted by Crippen LogP contribution is 2.42. The number of thiocarbonyl (C=S) groups is 1. The number of fused-ring (bicyclic) bond motifs is 1. The van der Waals surface area contributed by atoms with Crippen LogP contribution in [0.15, 0.2) is 47.7 Å². The largest absolute Gasteiger partial charge is 0.496 e. The minimum Gasteiger partial charge on any atom is -0.496 e. The van der Waals surface area contributed by atoms with E-state index in [1.54, 1.807) is 7.11 Å². The molecular formula is C21H22N2O2S. The van der Waals surface area contributed by atoms with Gasteiger partial charge in [-0.25, -0.2) is 0 Å². The van der Waals surface area contributed by atoms with Crippen molar-refractivity contribution in [2.45, 2.75) is 32.2 Å². The number of Topliss-reactive ketones (excluding diaryl/α,β-unsaturated/α-hetero) is 1. The van der Waals surface area contributed by atoms with Crippen molar-refractivity contribution in [2.24, 2.45) is 0 Å². The predicted molar refractivity (Wildman–Crippen MR) is 107 cm³/mol. The van der Waals surface area contributed by atoms with Gasteiger partial charge in [0, 0.05) is 29.8 Å². The van der Waals surface area contributed by atoms with Gasteiger partial charge in [-0.15, -0.1) is 0 Å². The van der Waals surface area contributed by atoms with Crippen molar-refractivity contribution in [1.82, 2.24) is 10.2 Å². The third kappa shape index (κ3) is 2.58. The molecule has 0 fully saturated rings. The maximum absolute atomic E-state index is 12.9. The third-order valence-corrected chi connectivity index (χ3v) is 5.65. The lowest BCUT2D eigenvalue weighted by Crippen LogP contribution is -2.49. The van der Waals surface area contributed by atoms with E-state index >= 15 is 0 Å². The van der Waals surface area contributed by atoms with Crippen LogP contribution in [0.2, 0.25) is 0 Å². The van der Waals surface area contributed by atoms with Gasteiger partial charge in [-0.2, -0.15) is 0 Å². The molecule has 0 spiro atoms. The normalized spacial score (nSPS) is 20.2. The molecule has 2 aliphatic rings. The first kappa shape index (κ1) is 17.0. The van der Waals surface area contributed by atoms with E-state index in [9.17, 15) is 4.79 Å². The molecule has 0 saturated heterocycles. The smallest absolute Gasteiger partial charge is 0.173 e. The molecule has 1 aliphatic heterocycles. The fraction of sp³-hybridized carbons (Fsp3) is 0.333. The zero-order chi connectivity index (χ0) is 18.3. The van der Waals surface area contributed by atoms with Crippen molar-refractivity contribution in [1.29, 1.82) is 0 Å². The molecule has 1 aliphatic carbocycles. The second-order valence-electron chi connectivity index (χ2n) is 6.67. The quantitative estimate of drug-likeness (QED) is 0.828. The number of rotatable bonds is 3. The number of hydrogen-bond donors (Lipinski definition) is 1. The summed E-state index contributed by atoms with van der Waals surface area (Å²) in [5.41, 5.74) is 2.92. The molecule has 1 N–H and O–H groups in total. The summed E-state index contributed by atoms with van der Waals surface area (Å²) in [6, 6.07) is 12.0. The van der Waals surface area contributed by atoms with Gasteiger partial charge in [0.2, 0.25) is 0 Å². The minimum atomic E-state index is -0.269. The number of allylic oxidation sites excluding steroid dienone is 1. The Labute approximate surface area is 158 Å². The van der Waals surface area contributed by atoms with Crippen molar-refractivity contribution in [3.05, 3.63) is 53.2 Å². The van der Waals surface area contributed by atoms with Crippen molar-refractivity contribution in [2.75, 3.05) is 13.7 Å². The Kier molecular flexibility index (Phi) is 4.41. The Bertz CT molecular complexity index is 935. The van der Waals surface area contributed by atoms with Crippen molar-refractivity contribution >= 4 is 33.9 Å². The fourth-order valence-corrected chi connectivity index (χ4v) is 4.51. The van der Waals surface area contributed by atoms with Crippen molar-refractivity contribution < 1.29 is 9.53 Å². The third-order valence-electron chi connectivity index (χ3n) is 5.31. The number of nitrogens with one attached hydrogen (secondary N) is 1. The van der Waals surface area contributed by atoms with Gasteiger partial charge < -0.3 is 15.0 Å². The second-order valence-corrected chi connectivity index (χ2v) is 7.05. The molecule has 2 aromatic carbocycles. The molecule has 0 aromatic heterocycles. The van der Waals surface area contributed by atoms with Gasteiger partial charge >= 0.3 is 0 Å². The summed E-state index contributed by atoms with van der Waals surface area (Å²) in [7, 11) is 1.67. The Hall–Kier alpha value is -2.40. The summed E-state index contributed by atoms with van der Waals surface area (Å²) >= 11 is 5.64. The van der Waals surface area contributed by atoms with Crippen LogP contribution in [-0.2, 0) is 4.79 Å². The van der Waals surface area contributed by atoms with Crippen LogP contribution in [0, 0.1) is 0 Å². The minimum absolute atomic E-state index is 0.208. The average Bonchev–Trinajstić information content (AvgIpc) is 2.66. The average molecular weight is 366 g/mol. The van der Waals surface area contributed by atoms with E-state index in [4.69, 9.17) is 17.0 Å². The van der Waals surface area contributed by atoms with Gasteiger partial charge in [0.05, 0.1) is 13.2 Å². The van der Waals surface area contributed by atoms with Crippen LogP contribution in [0.25, 0.3) is 10.8 Å². The Balaban J connectivity index is 1.99. The molecule has 4 nitrogen and oxygen atoms in total. The second kappa shape index (κ2) is 6.72. The molecule has 0 bridgehead atoms. The SMILES string of the molecule is CCN1C(=S)NC(c2c(OC)ccc3ccccc23)C2=C1CCCC2=O. The maximum Gasteiger partial charge on any atom is 0.173 e. The molecule has 1 heterocycles. The number of ether oxygens (including phenoxy) is 1. The number of nitrogens with zero attached hydrogens (tertiary/aromatic N) is 1. The lowest BCUT2D eigenvalue weighted by molar-refractivity contribution is -0.116. The lowest BCUT2D eigenvalue weighted by Gasteiger charge is -2.41. The van der Waals surface area contributed by atoms with E-state index < -0.39 is 0 Å². The summed E-state index contributed by atoms with van der Waals surface area (Å²) in [5, 5.41) is 6.32. The summed E-state index contributed by atoms with van der Waals surface area (Å²) in [5.74, 6) is 0.985. The summed E-state index contributed by atoms with van der Waals surface area (Å²) in [6.45, 7) is 2.83. The fourth-order valence-electron chi connectivity index (χ4n) is 4.15. The molecular weight excluding hydrogens is 344 g/mol. The van der Waals surface area contributed by atoms with Crippen molar-refractivity contribution in [3.63, 3.8) is 0 Å². The number of methoxy groups -OCH3 is 1. The van der Waals surface area contributed by atoms with E-state index in [1.807, 2.05) is 18.2 Å². The monoisotopic (exact) mass is 366 g/mol. The molecule has 0 amide bonds. The van der Waals surface area contributed by atoms with Gasteiger partial charge in [0.25, 0.3) is 0 Å². The highest BCUT2D eigenvalue weighted by Gasteiger charge is 2.38. The molecule has 2 aromatic rings. The van der Waals surface area contributed by atoms with Gasteiger partial charge in [-0.1, -0.05) is 30.3 Å².